The first-order valence-corrected chi connectivity index (χ1v) is 7.54. The number of likely N-dealkylation sites (N-methyl/N-ethyl adjacent to an activating group) is 2. The molecule has 2 N–H and O–H groups in total. The normalized spacial score (nSPS) is 15.3. The number of aliphatic hydroxyl groups is 1. The number of hydrogen-bond acceptors (Lipinski definition) is 3. The van der Waals surface area contributed by atoms with E-state index in [9.17, 15) is 5.11 Å². The maximum Gasteiger partial charge on any atom is 0.0797 e. The fourth-order valence-corrected chi connectivity index (χ4v) is 2.43. The van der Waals surface area contributed by atoms with Crippen molar-refractivity contribution in [3.63, 3.8) is 0 Å². The Morgan fingerprint density at radius 1 is 1.15 bits per heavy atom. The predicted molar refractivity (Wildman–Crippen MR) is 85.9 cm³/mol. The molecule has 1 aromatic carbocycles. The van der Waals surface area contributed by atoms with Crippen LogP contribution in [-0.2, 0) is 5.54 Å². The van der Waals surface area contributed by atoms with E-state index < -0.39 is 5.54 Å². The Hall–Kier alpha value is -0.900. The Labute approximate surface area is 124 Å². The highest BCUT2D eigenvalue weighted by Gasteiger charge is 2.35. The molecule has 0 fully saturated rings. The Balaban J connectivity index is 3.07. The minimum absolute atomic E-state index is 0.0922. The number of hydrogen-bond donors (Lipinski definition) is 2. The van der Waals surface area contributed by atoms with E-state index in [4.69, 9.17) is 0 Å². The maximum absolute atomic E-state index is 10.1. The van der Waals surface area contributed by atoms with Crippen LogP contribution in [0.25, 0.3) is 0 Å². The quantitative estimate of drug-likeness (QED) is 0.767. The van der Waals surface area contributed by atoms with Gasteiger partial charge in [-0.25, -0.2) is 0 Å². The average molecular weight is 278 g/mol. The molecule has 0 aliphatic rings. The minimum Gasteiger partial charge on any atom is -0.394 e. The molecule has 114 valence electrons. The third-order valence-electron chi connectivity index (χ3n) is 4.52. The Morgan fingerprint density at radius 2 is 1.75 bits per heavy atom. The van der Waals surface area contributed by atoms with Gasteiger partial charge in [0.05, 0.1) is 12.1 Å². The van der Waals surface area contributed by atoms with Crippen molar-refractivity contribution in [2.75, 3.05) is 26.7 Å². The van der Waals surface area contributed by atoms with Gasteiger partial charge in [-0.3, -0.25) is 4.90 Å². The summed E-state index contributed by atoms with van der Waals surface area (Å²) in [5, 5.41) is 13.6. The molecule has 1 atom stereocenters. The van der Waals surface area contributed by atoms with Crippen LogP contribution >= 0.6 is 0 Å². The first kappa shape index (κ1) is 17.2. The van der Waals surface area contributed by atoms with Crippen molar-refractivity contribution in [3.05, 3.63) is 35.9 Å². The van der Waals surface area contributed by atoms with Gasteiger partial charge < -0.3 is 10.4 Å². The lowest BCUT2D eigenvalue weighted by atomic mass is 9.87. The second-order valence-corrected chi connectivity index (χ2v) is 6.16. The van der Waals surface area contributed by atoms with Crippen molar-refractivity contribution >= 4 is 0 Å². The molecular weight excluding hydrogens is 248 g/mol. The molecule has 20 heavy (non-hydrogen) atoms. The molecule has 0 amide bonds. The molecule has 0 aromatic heterocycles. The molecule has 3 nitrogen and oxygen atoms in total. The third kappa shape index (κ3) is 3.81. The van der Waals surface area contributed by atoms with Crippen LogP contribution in [0.4, 0.5) is 0 Å². The molecule has 1 aromatic rings. The van der Waals surface area contributed by atoms with E-state index >= 15 is 0 Å². The number of nitrogens with one attached hydrogen (secondary N) is 1. The lowest BCUT2D eigenvalue weighted by Gasteiger charge is -2.43. The van der Waals surface area contributed by atoms with Gasteiger partial charge in [0.2, 0.25) is 0 Å². The highest BCUT2D eigenvalue weighted by atomic mass is 16.3. The topological polar surface area (TPSA) is 35.5 Å². The zero-order chi connectivity index (χ0) is 15.2. The number of benzene rings is 1. The largest absolute Gasteiger partial charge is 0.394 e. The van der Waals surface area contributed by atoms with Crippen LogP contribution in [0.5, 0.6) is 0 Å². The molecule has 0 aliphatic carbocycles. The van der Waals surface area contributed by atoms with Crippen LogP contribution in [0.3, 0.4) is 0 Å². The molecule has 0 aliphatic heterocycles. The Morgan fingerprint density at radius 3 is 2.20 bits per heavy atom. The molecular formula is C17H30N2O. The summed E-state index contributed by atoms with van der Waals surface area (Å²) in [5.74, 6) is 0. The first-order chi connectivity index (χ1) is 9.41. The van der Waals surface area contributed by atoms with Crippen LogP contribution in [0.1, 0.15) is 39.7 Å². The van der Waals surface area contributed by atoms with Gasteiger partial charge in [-0.05, 0) is 39.4 Å². The second kappa shape index (κ2) is 7.21. The van der Waals surface area contributed by atoms with E-state index in [2.05, 4.69) is 57.1 Å². The smallest absolute Gasteiger partial charge is 0.0797 e. The van der Waals surface area contributed by atoms with E-state index in [1.807, 2.05) is 18.2 Å². The fourth-order valence-electron chi connectivity index (χ4n) is 2.43. The van der Waals surface area contributed by atoms with E-state index in [1.54, 1.807) is 0 Å². The van der Waals surface area contributed by atoms with Crippen molar-refractivity contribution in [2.45, 2.75) is 45.2 Å². The zero-order valence-corrected chi connectivity index (χ0v) is 13.6. The van der Waals surface area contributed by atoms with E-state index in [0.717, 1.165) is 25.1 Å². The molecule has 1 rings (SSSR count). The van der Waals surface area contributed by atoms with Crippen molar-refractivity contribution in [1.82, 2.24) is 10.2 Å². The lowest BCUT2D eigenvalue weighted by Crippen LogP contribution is -2.56. The molecule has 0 heterocycles. The maximum atomic E-state index is 10.1. The summed E-state index contributed by atoms with van der Waals surface area (Å²) in [6, 6.07) is 10.2. The monoisotopic (exact) mass is 278 g/mol. The molecule has 0 saturated heterocycles. The summed E-state index contributed by atoms with van der Waals surface area (Å²) in [5.41, 5.74) is 0.852. The molecule has 0 bridgehead atoms. The predicted octanol–water partition coefficient (Wildman–Crippen LogP) is 2.60. The van der Waals surface area contributed by atoms with Gasteiger partial charge in [0.15, 0.2) is 0 Å². The summed E-state index contributed by atoms with van der Waals surface area (Å²) in [6.07, 6.45) is 1.08. The second-order valence-electron chi connectivity index (χ2n) is 6.16. The average Bonchev–Trinajstić information content (AvgIpc) is 2.47. The summed E-state index contributed by atoms with van der Waals surface area (Å²) < 4.78 is 0. The summed E-state index contributed by atoms with van der Waals surface area (Å²) in [6.45, 7) is 10.5. The van der Waals surface area contributed by atoms with Gasteiger partial charge in [-0.2, -0.15) is 0 Å². The van der Waals surface area contributed by atoms with E-state index in [-0.39, 0.29) is 12.1 Å². The molecule has 3 heteroatoms. The summed E-state index contributed by atoms with van der Waals surface area (Å²) in [4.78, 5) is 2.33. The fraction of sp³-hybridized carbons (Fsp3) is 0.647. The SMILES string of the molecule is CCNC(CO)(CN(C)C(C)(C)CC)c1ccccc1. The summed E-state index contributed by atoms with van der Waals surface area (Å²) in [7, 11) is 2.13. The molecule has 0 spiro atoms. The van der Waals surface area contributed by atoms with Gasteiger partial charge in [-0.15, -0.1) is 0 Å². The number of nitrogens with zero attached hydrogens (tertiary/aromatic N) is 1. The van der Waals surface area contributed by atoms with Gasteiger partial charge in [-0.1, -0.05) is 44.2 Å². The molecule has 0 saturated carbocycles. The van der Waals surface area contributed by atoms with Crippen LogP contribution in [0.15, 0.2) is 30.3 Å². The number of rotatable bonds is 8. The van der Waals surface area contributed by atoms with Crippen LogP contribution in [0.2, 0.25) is 0 Å². The van der Waals surface area contributed by atoms with Crippen molar-refractivity contribution < 1.29 is 5.11 Å². The zero-order valence-electron chi connectivity index (χ0n) is 13.6. The van der Waals surface area contributed by atoms with Gasteiger partial charge >= 0.3 is 0 Å². The summed E-state index contributed by atoms with van der Waals surface area (Å²) >= 11 is 0. The Kier molecular flexibility index (Phi) is 6.18. The van der Waals surface area contributed by atoms with Crippen molar-refractivity contribution in [1.29, 1.82) is 0 Å². The standard InChI is InChI=1S/C17H30N2O/c1-6-16(3,4)19(5)13-17(14-20,18-7-2)15-11-9-8-10-12-15/h8-12,18,20H,6-7,13-14H2,1-5H3. The highest BCUT2D eigenvalue weighted by molar-refractivity contribution is 5.25. The minimum atomic E-state index is -0.406. The van der Waals surface area contributed by atoms with Crippen LogP contribution < -0.4 is 5.32 Å². The van der Waals surface area contributed by atoms with Crippen LogP contribution in [0, 0.1) is 0 Å². The Bertz CT molecular complexity index is 391. The van der Waals surface area contributed by atoms with Gasteiger partial charge in [0.1, 0.15) is 0 Å². The lowest BCUT2D eigenvalue weighted by molar-refractivity contribution is 0.0664. The van der Waals surface area contributed by atoms with Crippen molar-refractivity contribution in [2.24, 2.45) is 0 Å². The van der Waals surface area contributed by atoms with E-state index in [1.165, 1.54) is 0 Å². The molecule has 1 unspecified atom stereocenters. The van der Waals surface area contributed by atoms with Crippen LogP contribution in [-0.4, -0.2) is 42.3 Å². The van der Waals surface area contributed by atoms with Gasteiger partial charge in [0.25, 0.3) is 0 Å². The van der Waals surface area contributed by atoms with E-state index in [0.29, 0.717) is 0 Å². The highest BCUT2D eigenvalue weighted by Crippen LogP contribution is 2.26. The third-order valence-corrected chi connectivity index (χ3v) is 4.52. The first-order valence-electron chi connectivity index (χ1n) is 7.54. The number of aliphatic hydroxyl groups excluding tert-OH is 1. The van der Waals surface area contributed by atoms with Crippen molar-refractivity contribution in [3.8, 4) is 0 Å². The molecule has 0 radical (unpaired) electrons. The van der Waals surface area contributed by atoms with Gasteiger partial charge in [0, 0.05) is 12.1 Å².